The Kier molecular flexibility index (Phi) is 7.18. The van der Waals surface area contributed by atoms with Crippen LogP contribution in [0, 0.1) is 5.92 Å². The van der Waals surface area contributed by atoms with Gasteiger partial charge >= 0.3 is 12.3 Å². The number of alkyl halides is 3. The first-order chi connectivity index (χ1) is 11.4. The molecule has 2 atom stereocenters. The van der Waals surface area contributed by atoms with Crippen LogP contribution in [0.25, 0.3) is 0 Å². The molecular formula is C16H23F3N2O4. The van der Waals surface area contributed by atoms with E-state index in [0.29, 0.717) is 0 Å². The third-order valence-corrected chi connectivity index (χ3v) is 3.19. The van der Waals surface area contributed by atoms with Gasteiger partial charge in [0, 0.05) is 6.61 Å². The van der Waals surface area contributed by atoms with Crippen molar-refractivity contribution in [1.29, 1.82) is 0 Å². The van der Waals surface area contributed by atoms with Crippen molar-refractivity contribution in [3.8, 4) is 0 Å². The summed E-state index contributed by atoms with van der Waals surface area (Å²) >= 11 is 0. The second-order valence-corrected chi connectivity index (χ2v) is 6.58. The molecule has 0 spiro atoms. The lowest BCUT2D eigenvalue weighted by molar-refractivity contribution is -0.186. The fourth-order valence-corrected chi connectivity index (χ4v) is 2.08. The van der Waals surface area contributed by atoms with E-state index in [-0.39, 0.29) is 11.5 Å². The van der Waals surface area contributed by atoms with Crippen LogP contribution in [0.4, 0.5) is 23.8 Å². The molecule has 0 aliphatic heterocycles. The average molecular weight is 364 g/mol. The van der Waals surface area contributed by atoms with Crippen molar-refractivity contribution in [1.82, 2.24) is 4.98 Å². The van der Waals surface area contributed by atoms with Crippen LogP contribution in [0.3, 0.4) is 0 Å². The molecule has 0 saturated heterocycles. The van der Waals surface area contributed by atoms with Gasteiger partial charge in [0.15, 0.2) is 0 Å². The van der Waals surface area contributed by atoms with E-state index in [1.165, 1.54) is 18.2 Å². The van der Waals surface area contributed by atoms with E-state index in [9.17, 15) is 23.1 Å². The van der Waals surface area contributed by atoms with E-state index in [1.54, 1.807) is 20.8 Å². The number of ether oxygens (including phenoxy) is 1. The summed E-state index contributed by atoms with van der Waals surface area (Å²) in [5, 5.41) is 21.2. The monoisotopic (exact) mass is 364 g/mol. The van der Waals surface area contributed by atoms with Gasteiger partial charge in [-0.1, -0.05) is 6.07 Å². The molecule has 142 valence electrons. The van der Waals surface area contributed by atoms with Gasteiger partial charge in [-0.05, 0) is 45.7 Å². The summed E-state index contributed by atoms with van der Waals surface area (Å²) in [6.45, 7) is 4.40. The number of aliphatic hydroxyl groups is 2. The van der Waals surface area contributed by atoms with Crippen LogP contribution in [-0.4, -0.2) is 39.7 Å². The number of amides is 1. The van der Waals surface area contributed by atoms with Crippen molar-refractivity contribution in [2.45, 2.75) is 51.5 Å². The molecule has 1 rings (SSSR count). The van der Waals surface area contributed by atoms with E-state index in [1.807, 2.05) is 0 Å². The molecule has 25 heavy (non-hydrogen) atoms. The van der Waals surface area contributed by atoms with Gasteiger partial charge in [0.1, 0.15) is 11.4 Å². The number of rotatable bonds is 6. The molecule has 0 fully saturated rings. The van der Waals surface area contributed by atoms with Crippen molar-refractivity contribution in [2.24, 2.45) is 5.92 Å². The lowest BCUT2D eigenvalue weighted by Gasteiger charge is -2.22. The quantitative estimate of drug-likeness (QED) is 0.719. The Labute approximate surface area is 144 Å². The summed E-state index contributed by atoms with van der Waals surface area (Å²) < 4.78 is 43.7. The van der Waals surface area contributed by atoms with E-state index in [4.69, 9.17) is 9.84 Å². The number of anilines is 1. The zero-order valence-electron chi connectivity index (χ0n) is 14.3. The van der Waals surface area contributed by atoms with Crippen molar-refractivity contribution in [3.05, 3.63) is 23.9 Å². The van der Waals surface area contributed by atoms with E-state index >= 15 is 0 Å². The molecule has 0 aromatic carbocycles. The molecule has 1 unspecified atom stereocenters. The van der Waals surface area contributed by atoms with E-state index < -0.39 is 49.3 Å². The van der Waals surface area contributed by atoms with Crippen LogP contribution in [0.5, 0.6) is 0 Å². The van der Waals surface area contributed by atoms with E-state index in [0.717, 1.165) is 0 Å². The first-order valence-electron chi connectivity index (χ1n) is 7.75. The van der Waals surface area contributed by atoms with Gasteiger partial charge in [0.2, 0.25) is 0 Å². The van der Waals surface area contributed by atoms with Crippen LogP contribution in [0.15, 0.2) is 18.2 Å². The van der Waals surface area contributed by atoms with Crippen molar-refractivity contribution < 1.29 is 32.9 Å². The highest BCUT2D eigenvalue weighted by atomic mass is 19.4. The van der Waals surface area contributed by atoms with Gasteiger partial charge in [-0.2, -0.15) is 13.2 Å². The van der Waals surface area contributed by atoms with E-state index in [2.05, 4.69) is 10.3 Å². The average Bonchev–Trinajstić information content (AvgIpc) is 2.43. The standard InChI is InChI=1S/C16H23F3N2O4/c1-15(2,3)25-14(24)21-13-6-4-5-11(20-13)12(23)9-10(7-8-22)16(17,18)19/h4-6,10,12,22-23H,7-9H2,1-3H3,(H,20,21,24)/t10-,12?/m1/s1. The Morgan fingerprint density at radius 1 is 1.32 bits per heavy atom. The number of pyridine rings is 1. The molecule has 0 saturated carbocycles. The smallest absolute Gasteiger partial charge is 0.413 e. The normalized spacial score (nSPS) is 14.7. The maximum absolute atomic E-state index is 12.9. The molecule has 1 aromatic heterocycles. The summed E-state index contributed by atoms with van der Waals surface area (Å²) in [6, 6.07) is 4.24. The number of carbonyl (C=O) groups is 1. The maximum Gasteiger partial charge on any atom is 0.413 e. The fourth-order valence-electron chi connectivity index (χ4n) is 2.08. The number of hydrogen-bond donors (Lipinski definition) is 3. The van der Waals surface area contributed by atoms with Crippen molar-refractivity contribution in [2.75, 3.05) is 11.9 Å². The van der Waals surface area contributed by atoms with Gasteiger partial charge in [0.25, 0.3) is 0 Å². The number of nitrogens with zero attached hydrogens (tertiary/aromatic N) is 1. The first-order valence-corrected chi connectivity index (χ1v) is 7.75. The van der Waals surface area contributed by atoms with Crippen molar-refractivity contribution >= 4 is 11.9 Å². The molecule has 1 amide bonds. The summed E-state index contributed by atoms with van der Waals surface area (Å²) in [4.78, 5) is 15.6. The number of hydrogen-bond acceptors (Lipinski definition) is 5. The Morgan fingerprint density at radius 2 is 1.96 bits per heavy atom. The molecular weight excluding hydrogens is 341 g/mol. The predicted molar refractivity (Wildman–Crippen MR) is 84.9 cm³/mol. The number of nitrogens with one attached hydrogen (secondary N) is 1. The molecule has 1 aromatic rings. The molecule has 0 aliphatic carbocycles. The molecule has 0 bridgehead atoms. The number of aromatic nitrogens is 1. The Balaban J connectivity index is 2.80. The fraction of sp³-hybridized carbons (Fsp3) is 0.625. The Bertz CT molecular complexity index is 573. The summed E-state index contributed by atoms with van der Waals surface area (Å²) in [7, 11) is 0. The highest BCUT2D eigenvalue weighted by Gasteiger charge is 2.40. The second kappa shape index (κ2) is 8.48. The summed E-state index contributed by atoms with van der Waals surface area (Å²) in [6.07, 6.45) is -7.92. The minimum Gasteiger partial charge on any atom is -0.444 e. The lowest BCUT2D eigenvalue weighted by atomic mass is 9.96. The topological polar surface area (TPSA) is 91.7 Å². The molecule has 6 nitrogen and oxygen atoms in total. The largest absolute Gasteiger partial charge is 0.444 e. The van der Waals surface area contributed by atoms with Gasteiger partial charge in [-0.25, -0.2) is 9.78 Å². The van der Waals surface area contributed by atoms with Gasteiger partial charge in [-0.3, -0.25) is 5.32 Å². The number of aliphatic hydroxyl groups excluding tert-OH is 2. The Morgan fingerprint density at radius 3 is 2.48 bits per heavy atom. The van der Waals surface area contributed by atoms with Crippen LogP contribution in [0.1, 0.15) is 45.4 Å². The summed E-state index contributed by atoms with van der Waals surface area (Å²) in [5.74, 6) is -1.80. The first kappa shape index (κ1) is 21.2. The maximum atomic E-state index is 12.9. The van der Waals surface area contributed by atoms with Crippen LogP contribution in [0.2, 0.25) is 0 Å². The molecule has 3 N–H and O–H groups in total. The predicted octanol–water partition coefficient (Wildman–Crippen LogP) is 3.41. The Hall–Kier alpha value is -1.87. The highest BCUT2D eigenvalue weighted by Crippen LogP contribution is 2.35. The second-order valence-electron chi connectivity index (χ2n) is 6.58. The molecule has 1 heterocycles. The third kappa shape index (κ3) is 7.70. The molecule has 0 radical (unpaired) electrons. The van der Waals surface area contributed by atoms with Gasteiger partial charge in [0.05, 0.1) is 17.7 Å². The van der Waals surface area contributed by atoms with Crippen LogP contribution < -0.4 is 5.32 Å². The number of carbonyl (C=O) groups excluding carboxylic acids is 1. The zero-order chi connectivity index (χ0) is 19.3. The lowest BCUT2D eigenvalue weighted by Crippen LogP contribution is -2.28. The minimum atomic E-state index is -4.53. The zero-order valence-corrected chi connectivity index (χ0v) is 14.3. The molecule has 9 heteroatoms. The van der Waals surface area contributed by atoms with Gasteiger partial charge in [-0.15, -0.1) is 0 Å². The van der Waals surface area contributed by atoms with Gasteiger partial charge < -0.3 is 14.9 Å². The SMILES string of the molecule is CC(C)(C)OC(=O)Nc1cccc(C(O)C[C@@H](CCO)C(F)(F)F)n1. The van der Waals surface area contributed by atoms with Crippen molar-refractivity contribution in [3.63, 3.8) is 0 Å². The molecule has 0 aliphatic rings. The minimum absolute atomic E-state index is 0.0132. The number of halogens is 3. The van der Waals surface area contributed by atoms with Crippen LogP contribution >= 0.6 is 0 Å². The third-order valence-electron chi connectivity index (χ3n) is 3.19. The highest BCUT2D eigenvalue weighted by molar-refractivity contribution is 5.83. The van der Waals surface area contributed by atoms with Crippen LogP contribution in [-0.2, 0) is 4.74 Å². The summed E-state index contributed by atoms with van der Waals surface area (Å²) in [5.41, 5.74) is -0.730.